The lowest BCUT2D eigenvalue weighted by molar-refractivity contribution is -0.118. The van der Waals surface area contributed by atoms with Crippen LogP contribution >= 0.6 is 23.4 Å². The van der Waals surface area contributed by atoms with Gasteiger partial charge in [-0.3, -0.25) is 9.36 Å². The van der Waals surface area contributed by atoms with Crippen molar-refractivity contribution in [1.29, 1.82) is 0 Å². The van der Waals surface area contributed by atoms with Crippen molar-refractivity contribution in [2.24, 2.45) is 0 Å². The molecule has 25 heavy (non-hydrogen) atoms. The largest absolute Gasteiger partial charge is 0.355 e. The second kappa shape index (κ2) is 10.3. The van der Waals surface area contributed by atoms with Crippen LogP contribution in [0.1, 0.15) is 26.2 Å². The number of allylic oxidation sites excluding steroid dienone is 1. The maximum Gasteiger partial charge on any atom is 0.230 e. The van der Waals surface area contributed by atoms with Crippen LogP contribution in [-0.2, 0) is 11.3 Å². The van der Waals surface area contributed by atoms with Crippen molar-refractivity contribution in [3.8, 4) is 11.4 Å². The molecular weight excluding hydrogens is 356 g/mol. The number of nitrogens with one attached hydrogen (secondary N) is 1. The van der Waals surface area contributed by atoms with Crippen molar-refractivity contribution >= 4 is 29.3 Å². The standard InChI is InChI=1S/C18H23ClN4OS/c1-3-5-6-11-20-16(24)13-25-18-22-21-17(23(18)12-4-2)14-7-9-15(19)10-8-14/h4,7-10H,2-3,5-6,11-13H2,1H3,(H,20,24). The number of carbonyl (C=O) groups is 1. The normalized spacial score (nSPS) is 10.6. The topological polar surface area (TPSA) is 59.8 Å². The Bertz CT molecular complexity index is 700. The molecule has 2 aromatic rings. The molecule has 0 aliphatic carbocycles. The molecule has 0 spiro atoms. The average molecular weight is 379 g/mol. The summed E-state index contributed by atoms with van der Waals surface area (Å²) in [6, 6.07) is 7.45. The Kier molecular flexibility index (Phi) is 8.01. The van der Waals surface area contributed by atoms with Gasteiger partial charge >= 0.3 is 0 Å². The minimum atomic E-state index is 0.0160. The van der Waals surface area contributed by atoms with Crippen LogP contribution in [0, 0.1) is 0 Å². The molecule has 0 atom stereocenters. The molecule has 2 rings (SSSR count). The van der Waals surface area contributed by atoms with E-state index in [0.29, 0.717) is 22.5 Å². The van der Waals surface area contributed by atoms with Crippen molar-refractivity contribution < 1.29 is 4.79 Å². The predicted molar refractivity (Wildman–Crippen MR) is 104 cm³/mol. The summed E-state index contributed by atoms with van der Waals surface area (Å²) in [5, 5.41) is 12.8. The SMILES string of the molecule is C=CCn1c(SCC(=O)NCCCCC)nnc1-c1ccc(Cl)cc1. The van der Waals surface area contributed by atoms with Gasteiger partial charge < -0.3 is 5.32 Å². The Labute approximate surface area is 157 Å². The first-order valence-electron chi connectivity index (χ1n) is 8.35. The van der Waals surface area contributed by atoms with Crippen molar-refractivity contribution in [2.75, 3.05) is 12.3 Å². The Morgan fingerprint density at radius 1 is 1.32 bits per heavy atom. The summed E-state index contributed by atoms with van der Waals surface area (Å²) >= 11 is 7.32. The second-order valence-electron chi connectivity index (χ2n) is 5.56. The molecular formula is C18H23ClN4OS. The predicted octanol–water partition coefficient (Wildman–Crippen LogP) is 4.18. The first kappa shape index (κ1) is 19.5. The number of amides is 1. The number of thioether (sulfide) groups is 1. The van der Waals surface area contributed by atoms with Crippen LogP contribution in [0.25, 0.3) is 11.4 Å². The molecule has 0 saturated heterocycles. The molecule has 0 fully saturated rings. The number of aromatic nitrogens is 3. The Balaban J connectivity index is 2.02. The highest BCUT2D eigenvalue weighted by Gasteiger charge is 2.14. The summed E-state index contributed by atoms with van der Waals surface area (Å²) in [5.41, 5.74) is 0.926. The lowest BCUT2D eigenvalue weighted by atomic mass is 10.2. The van der Waals surface area contributed by atoms with Gasteiger partial charge in [-0.05, 0) is 30.7 Å². The van der Waals surface area contributed by atoms with E-state index < -0.39 is 0 Å². The number of nitrogens with zero attached hydrogens (tertiary/aromatic N) is 3. The minimum Gasteiger partial charge on any atom is -0.355 e. The van der Waals surface area contributed by atoms with E-state index >= 15 is 0 Å². The molecule has 1 amide bonds. The highest BCUT2D eigenvalue weighted by Crippen LogP contribution is 2.25. The Hall–Kier alpha value is -1.79. The zero-order valence-electron chi connectivity index (χ0n) is 14.4. The summed E-state index contributed by atoms with van der Waals surface area (Å²) in [4.78, 5) is 11.9. The number of carbonyl (C=O) groups excluding carboxylic acids is 1. The number of benzene rings is 1. The molecule has 0 aliphatic heterocycles. The minimum absolute atomic E-state index is 0.0160. The highest BCUT2D eigenvalue weighted by atomic mass is 35.5. The van der Waals surface area contributed by atoms with Gasteiger partial charge in [-0.1, -0.05) is 49.2 Å². The lowest BCUT2D eigenvalue weighted by Crippen LogP contribution is -2.26. The number of unbranched alkanes of at least 4 members (excludes halogenated alkanes) is 2. The van der Waals surface area contributed by atoms with Gasteiger partial charge in [0, 0.05) is 23.7 Å². The second-order valence-corrected chi connectivity index (χ2v) is 6.94. The fourth-order valence-corrected chi connectivity index (χ4v) is 3.19. The van der Waals surface area contributed by atoms with E-state index in [2.05, 4.69) is 29.0 Å². The van der Waals surface area contributed by atoms with Gasteiger partial charge in [-0.15, -0.1) is 16.8 Å². The summed E-state index contributed by atoms with van der Waals surface area (Å²) in [6.07, 6.45) is 5.08. The summed E-state index contributed by atoms with van der Waals surface area (Å²) in [5.74, 6) is 1.08. The Morgan fingerprint density at radius 3 is 2.76 bits per heavy atom. The van der Waals surface area contributed by atoms with Crippen LogP contribution in [0.2, 0.25) is 5.02 Å². The maximum atomic E-state index is 11.9. The molecule has 1 aromatic heterocycles. The first-order valence-corrected chi connectivity index (χ1v) is 9.71. The van der Waals surface area contributed by atoms with E-state index in [4.69, 9.17) is 11.6 Å². The summed E-state index contributed by atoms with van der Waals surface area (Å²) < 4.78 is 1.95. The molecule has 1 aromatic carbocycles. The van der Waals surface area contributed by atoms with Crippen molar-refractivity contribution in [3.63, 3.8) is 0 Å². The van der Waals surface area contributed by atoms with Gasteiger partial charge in [-0.25, -0.2) is 0 Å². The first-order chi connectivity index (χ1) is 12.2. The third kappa shape index (κ3) is 5.90. The third-order valence-electron chi connectivity index (χ3n) is 3.57. The van der Waals surface area contributed by atoms with Gasteiger partial charge in [0.1, 0.15) is 0 Å². The quantitative estimate of drug-likeness (QED) is 0.382. The van der Waals surface area contributed by atoms with E-state index in [0.717, 1.165) is 37.2 Å². The number of hydrogen-bond donors (Lipinski definition) is 1. The monoisotopic (exact) mass is 378 g/mol. The van der Waals surface area contributed by atoms with Crippen molar-refractivity contribution in [2.45, 2.75) is 37.9 Å². The van der Waals surface area contributed by atoms with Crippen LogP contribution in [0.15, 0.2) is 42.1 Å². The van der Waals surface area contributed by atoms with E-state index in [1.165, 1.54) is 11.8 Å². The molecule has 1 N–H and O–H groups in total. The summed E-state index contributed by atoms with van der Waals surface area (Å²) in [7, 11) is 0. The number of hydrogen-bond acceptors (Lipinski definition) is 4. The van der Waals surface area contributed by atoms with Crippen LogP contribution in [0.5, 0.6) is 0 Å². The molecule has 0 aliphatic rings. The molecule has 7 heteroatoms. The summed E-state index contributed by atoms with van der Waals surface area (Å²) in [6.45, 7) is 7.23. The smallest absolute Gasteiger partial charge is 0.230 e. The van der Waals surface area contributed by atoms with E-state index in [1.54, 1.807) is 6.08 Å². The van der Waals surface area contributed by atoms with E-state index in [9.17, 15) is 4.79 Å². The molecule has 0 unspecified atom stereocenters. The van der Waals surface area contributed by atoms with Crippen LogP contribution in [0.4, 0.5) is 0 Å². The van der Waals surface area contributed by atoms with Crippen LogP contribution < -0.4 is 5.32 Å². The molecule has 0 radical (unpaired) electrons. The molecule has 0 bridgehead atoms. The fraction of sp³-hybridized carbons (Fsp3) is 0.389. The number of rotatable bonds is 10. The lowest BCUT2D eigenvalue weighted by Gasteiger charge is -2.08. The molecule has 134 valence electrons. The Morgan fingerprint density at radius 2 is 2.08 bits per heavy atom. The third-order valence-corrected chi connectivity index (χ3v) is 4.78. The number of halogens is 1. The van der Waals surface area contributed by atoms with Crippen LogP contribution in [-0.4, -0.2) is 33.0 Å². The zero-order chi connectivity index (χ0) is 18.1. The van der Waals surface area contributed by atoms with Crippen molar-refractivity contribution in [3.05, 3.63) is 41.9 Å². The highest BCUT2D eigenvalue weighted by molar-refractivity contribution is 7.99. The molecule has 5 nitrogen and oxygen atoms in total. The van der Waals surface area contributed by atoms with Crippen LogP contribution in [0.3, 0.4) is 0 Å². The van der Waals surface area contributed by atoms with Crippen molar-refractivity contribution in [1.82, 2.24) is 20.1 Å². The van der Waals surface area contributed by atoms with Gasteiger partial charge in [-0.2, -0.15) is 0 Å². The van der Waals surface area contributed by atoms with Gasteiger partial charge in [0.2, 0.25) is 5.91 Å². The zero-order valence-corrected chi connectivity index (χ0v) is 15.9. The van der Waals surface area contributed by atoms with Gasteiger partial charge in [0.05, 0.1) is 5.75 Å². The van der Waals surface area contributed by atoms with Gasteiger partial charge in [0.25, 0.3) is 0 Å². The van der Waals surface area contributed by atoms with E-state index in [1.807, 2.05) is 28.8 Å². The average Bonchev–Trinajstić information content (AvgIpc) is 3.01. The van der Waals surface area contributed by atoms with E-state index in [-0.39, 0.29) is 5.91 Å². The molecule has 1 heterocycles. The van der Waals surface area contributed by atoms with Gasteiger partial charge in [0.15, 0.2) is 11.0 Å². The maximum absolute atomic E-state index is 11.9. The fourth-order valence-electron chi connectivity index (χ4n) is 2.29. The molecule has 0 saturated carbocycles.